The van der Waals surface area contributed by atoms with Crippen molar-refractivity contribution in [3.63, 3.8) is 0 Å². The number of unbranched alkanes of at least 4 members (excludes halogenated alkanes) is 5. The van der Waals surface area contributed by atoms with Crippen molar-refractivity contribution in [3.8, 4) is 0 Å². The van der Waals surface area contributed by atoms with E-state index in [-0.39, 0.29) is 28.8 Å². The maximum atomic E-state index is 12.4. The summed E-state index contributed by atoms with van der Waals surface area (Å²) in [5, 5.41) is 3.53. The Morgan fingerprint density at radius 2 is 1.81 bits per heavy atom. The molecule has 2 aromatic rings. The summed E-state index contributed by atoms with van der Waals surface area (Å²) >= 11 is 0. The molecule has 2 heterocycles. The summed E-state index contributed by atoms with van der Waals surface area (Å²) in [5.41, 5.74) is 2.96. The van der Waals surface area contributed by atoms with Crippen LogP contribution in [0.3, 0.4) is 0 Å². The van der Waals surface area contributed by atoms with Gasteiger partial charge in [-0.1, -0.05) is 44.7 Å². The molecule has 1 N–H and O–H groups in total. The Hall–Kier alpha value is -1.68. The number of aryl methyl sites for hydroxylation is 1. The smallest absolute Gasteiger partial charge is 0.174 e. The van der Waals surface area contributed by atoms with Crippen LogP contribution in [0.1, 0.15) is 73.8 Å². The lowest BCUT2D eigenvalue weighted by molar-refractivity contribution is -0.697. The zero-order valence-electron chi connectivity index (χ0n) is 15.6. The van der Waals surface area contributed by atoms with Gasteiger partial charge in [-0.3, -0.25) is 4.79 Å². The molecule has 1 aliphatic rings. The van der Waals surface area contributed by atoms with Crippen molar-refractivity contribution < 1.29 is 26.3 Å². The third-order valence-electron chi connectivity index (χ3n) is 5.00. The fraction of sp³-hybridized carbons (Fsp3) is 0.455. The van der Waals surface area contributed by atoms with Gasteiger partial charge in [0.1, 0.15) is 6.54 Å². The van der Waals surface area contributed by atoms with Gasteiger partial charge in [0, 0.05) is 35.7 Å². The van der Waals surface area contributed by atoms with Gasteiger partial charge in [-0.25, -0.2) is 4.57 Å². The number of ketones is 1. The lowest BCUT2D eigenvalue weighted by atomic mass is 9.93. The molecule has 1 aromatic heterocycles. The van der Waals surface area contributed by atoms with Gasteiger partial charge in [0.25, 0.3) is 0 Å². The van der Waals surface area contributed by atoms with Crippen LogP contribution in [0.2, 0.25) is 0 Å². The summed E-state index contributed by atoms with van der Waals surface area (Å²) in [6.07, 6.45) is 12.7. The molecular weight excluding hydrogens is 388 g/mol. The normalized spacial score (nSPS) is 15.7. The van der Waals surface area contributed by atoms with Crippen LogP contribution < -0.4 is 26.9 Å². The second-order valence-electron chi connectivity index (χ2n) is 7.01. The second kappa shape index (κ2) is 10.5. The highest BCUT2D eigenvalue weighted by Gasteiger charge is 2.26. The molecule has 0 spiro atoms. The second-order valence-corrected chi connectivity index (χ2v) is 7.01. The van der Waals surface area contributed by atoms with Crippen molar-refractivity contribution in [2.45, 2.75) is 64.5 Å². The van der Waals surface area contributed by atoms with Crippen molar-refractivity contribution in [1.82, 2.24) is 0 Å². The number of nitrogens with zero attached hydrogens (tertiary/aromatic N) is 1. The molecule has 1 unspecified atom stereocenters. The highest BCUT2D eigenvalue weighted by molar-refractivity contribution is 6.03. The van der Waals surface area contributed by atoms with E-state index in [4.69, 9.17) is 0 Å². The molecule has 0 fully saturated rings. The number of anilines is 1. The van der Waals surface area contributed by atoms with E-state index in [1.54, 1.807) is 0 Å². The molecule has 0 aliphatic carbocycles. The van der Waals surface area contributed by atoms with E-state index in [0.29, 0.717) is 6.42 Å². The first-order valence-corrected chi connectivity index (χ1v) is 9.65. The van der Waals surface area contributed by atoms with Gasteiger partial charge in [0.2, 0.25) is 0 Å². The Kier molecular flexibility index (Phi) is 8.30. The third-order valence-corrected chi connectivity index (χ3v) is 5.00. The number of hydrogen-bond donors (Lipinski definition) is 1. The van der Waals surface area contributed by atoms with Crippen LogP contribution in [0.25, 0.3) is 0 Å². The van der Waals surface area contributed by atoms with Crippen molar-refractivity contribution in [2.24, 2.45) is 0 Å². The van der Waals surface area contributed by atoms with E-state index in [1.165, 1.54) is 44.1 Å². The summed E-state index contributed by atoms with van der Waals surface area (Å²) in [6.45, 7) is 3.31. The first-order valence-electron chi connectivity index (χ1n) is 9.65. The molecule has 140 valence electrons. The molecule has 3 rings (SSSR count). The predicted molar refractivity (Wildman–Crippen MR) is 102 cm³/mol. The zero-order valence-corrected chi connectivity index (χ0v) is 17.2. The number of halogens is 1. The maximum absolute atomic E-state index is 12.4. The van der Waals surface area contributed by atoms with Gasteiger partial charge in [-0.05, 0) is 24.6 Å². The monoisotopic (exact) mass is 416 g/mol. The average Bonchev–Trinajstić information content (AvgIpc) is 2.65. The van der Waals surface area contributed by atoms with Crippen molar-refractivity contribution >= 4 is 11.5 Å². The van der Waals surface area contributed by atoms with E-state index in [0.717, 1.165) is 17.8 Å². The number of carbonyl (C=O) groups is 1. The predicted octanol–water partition coefficient (Wildman–Crippen LogP) is 2.08. The Balaban J connectivity index is 0.00000243. The van der Waals surface area contributed by atoms with Crippen molar-refractivity contribution in [3.05, 3.63) is 59.9 Å². The minimum Gasteiger partial charge on any atom is -1.00 e. The molecule has 4 heteroatoms. The highest BCUT2D eigenvalue weighted by Crippen LogP contribution is 2.31. The van der Waals surface area contributed by atoms with E-state index in [2.05, 4.69) is 41.3 Å². The number of para-hydroxylation sites is 1. The lowest BCUT2D eigenvalue weighted by Crippen LogP contribution is -3.00. The number of rotatable bonds is 8. The first kappa shape index (κ1) is 20.6. The number of hydrogen-bond acceptors (Lipinski definition) is 2. The molecule has 1 aliphatic heterocycles. The van der Waals surface area contributed by atoms with Crippen LogP contribution in [-0.2, 0) is 6.54 Å². The summed E-state index contributed by atoms with van der Waals surface area (Å²) in [6, 6.07) is 12.1. The minimum atomic E-state index is 0. The van der Waals surface area contributed by atoms with E-state index in [9.17, 15) is 4.79 Å². The Labute approximate surface area is 167 Å². The van der Waals surface area contributed by atoms with Crippen LogP contribution in [0.15, 0.2) is 48.8 Å². The SMILES string of the molecule is CCCCCCCC[n+]1cccc(C2CC(=O)c3ccccc3N2)c1.[Br-]. The number of fused-ring (bicyclic) bond motifs is 1. The van der Waals surface area contributed by atoms with Crippen molar-refractivity contribution in [2.75, 3.05) is 5.32 Å². The standard InChI is InChI=1S/C22H28N2O.BrH/c1-2-3-4-5-6-9-14-24-15-10-11-18(17-24)21-16-22(25)19-12-7-8-13-20(19)23-21;/h7-8,10-13,15,17,21H,2-6,9,14,16H2,1H3;1H. The zero-order chi connectivity index (χ0) is 17.5. The molecule has 1 atom stereocenters. The van der Waals surface area contributed by atoms with E-state index >= 15 is 0 Å². The van der Waals surface area contributed by atoms with E-state index < -0.39 is 0 Å². The van der Waals surface area contributed by atoms with Gasteiger partial charge >= 0.3 is 0 Å². The van der Waals surface area contributed by atoms with Gasteiger partial charge < -0.3 is 22.3 Å². The van der Waals surface area contributed by atoms with Crippen molar-refractivity contribution in [1.29, 1.82) is 0 Å². The fourth-order valence-corrected chi connectivity index (χ4v) is 3.55. The summed E-state index contributed by atoms with van der Waals surface area (Å²) < 4.78 is 2.27. The Bertz CT molecular complexity index is 717. The third kappa shape index (κ3) is 5.41. The number of nitrogens with one attached hydrogen (secondary N) is 1. The van der Waals surface area contributed by atoms with Gasteiger partial charge in [-0.2, -0.15) is 0 Å². The number of benzene rings is 1. The molecule has 1 aromatic carbocycles. The number of pyridine rings is 1. The van der Waals surface area contributed by atoms with Crippen LogP contribution in [0, 0.1) is 0 Å². The number of Topliss-reactive ketones (excluding diaryl/α,β-unsaturated/α-hetero) is 1. The van der Waals surface area contributed by atoms with Crippen LogP contribution in [-0.4, -0.2) is 5.78 Å². The Morgan fingerprint density at radius 3 is 2.65 bits per heavy atom. The molecule has 0 radical (unpaired) electrons. The average molecular weight is 417 g/mol. The largest absolute Gasteiger partial charge is 1.00 e. The van der Waals surface area contributed by atoms with Crippen LogP contribution in [0.5, 0.6) is 0 Å². The summed E-state index contributed by atoms with van der Waals surface area (Å²) in [5.74, 6) is 0.227. The minimum absolute atomic E-state index is 0. The summed E-state index contributed by atoms with van der Waals surface area (Å²) in [7, 11) is 0. The van der Waals surface area contributed by atoms with Gasteiger partial charge in [0.05, 0.1) is 6.04 Å². The Morgan fingerprint density at radius 1 is 1.04 bits per heavy atom. The van der Waals surface area contributed by atoms with Gasteiger partial charge in [-0.15, -0.1) is 0 Å². The molecular formula is C22H29BrN2O. The first-order chi connectivity index (χ1) is 12.3. The number of carbonyl (C=O) groups excluding carboxylic acids is 1. The fourth-order valence-electron chi connectivity index (χ4n) is 3.55. The van der Waals surface area contributed by atoms with Gasteiger partial charge in [0.15, 0.2) is 18.2 Å². The quantitative estimate of drug-likeness (QED) is 0.527. The molecule has 0 saturated carbocycles. The number of aromatic nitrogens is 1. The molecule has 3 nitrogen and oxygen atoms in total. The lowest BCUT2D eigenvalue weighted by Gasteiger charge is -2.25. The molecule has 0 amide bonds. The van der Waals surface area contributed by atoms with Crippen LogP contribution in [0.4, 0.5) is 5.69 Å². The maximum Gasteiger partial charge on any atom is 0.174 e. The molecule has 0 saturated heterocycles. The highest BCUT2D eigenvalue weighted by atomic mass is 79.9. The molecule has 0 bridgehead atoms. The topological polar surface area (TPSA) is 33.0 Å². The summed E-state index contributed by atoms with van der Waals surface area (Å²) in [4.78, 5) is 12.4. The molecule has 26 heavy (non-hydrogen) atoms. The van der Waals surface area contributed by atoms with Crippen LogP contribution >= 0.6 is 0 Å². The van der Waals surface area contributed by atoms with E-state index in [1.807, 2.05) is 24.3 Å².